The molecule has 0 radical (unpaired) electrons. The molecule has 1 aliphatic rings. The maximum absolute atomic E-state index is 9.81. The Hall–Kier alpha value is -1.77. The minimum absolute atomic E-state index is 0.301. The number of hydrogen-bond donors (Lipinski definition) is 2. The van der Waals surface area contributed by atoms with Crippen LogP contribution in [-0.2, 0) is 0 Å². The van der Waals surface area contributed by atoms with E-state index in [1.54, 1.807) is 6.07 Å². The first-order valence-corrected chi connectivity index (χ1v) is 5.13. The summed E-state index contributed by atoms with van der Waals surface area (Å²) >= 11 is 0. The fraction of sp³-hybridized carbons (Fsp3) is 0.250. The van der Waals surface area contributed by atoms with E-state index in [1.807, 2.05) is 18.2 Å². The Morgan fingerprint density at radius 3 is 2.80 bits per heavy atom. The van der Waals surface area contributed by atoms with E-state index in [2.05, 4.69) is 4.98 Å². The van der Waals surface area contributed by atoms with Gasteiger partial charge in [-0.25, -0.2) is 4.98 Å². The smallest absolute Gasteiger partial charge is 0.138 e. The van der Waals surface area contributed by atoms with Gasteiger partial charge in [0, 0.05) is 17.0 Å². The molecule has 3 N–H and O–H groups in total. The lowest BCUT2D eigenvalue weighted by atomic mass is 10.1. The van der Waals surface area contributed by atoms with Crippen molar-refractivity contribution >= 4 is 16.6 Å². The van der Waals surface area contributed by atoms with Gasteiger partial charge in [0.25, 0.3) is 0 Å². The van der Waals surface area contributed by atoms with E-state index < -0.39 is 0 Å². The number of rotatable bonds is 1. The van der Waals surface area contributed by atoms with E-state index in [0.29, 0.717) is 17.4 Å². The van der Waals surface area contributed by atoms with Crippen molar-refractivity contribution in [1.29, 1.82) is 0 Å². The summed E-state index contributed by atoms with van der Waals surface area (Å²) in [7, 11) is 0. The predicted molar refractivity (Wildman–Crippen MR) is 59.8 cm³/mol. The van der Waals surface area contributed by atoms with Gasteiger partial charge in [-0.05, 0) is 37.1 Å². The Bertz CT molecular complexity index is 532. The fourth-order valence-corrected chi connectivity index (χ4v) is 1.86. The largest absolute Gasteiger partial charge is 0.506 e. The Kier molecular flexibility index (Phi) is 1.63. The highest BCUT2D eigenvalue weighted by Gasteiger charge is 2.28. The van der Waals surface area contributed by atoms with Crippen LogP contribution in [0.3, 0.4) is 0 Å². The molecule has 1 heterocycles. The van der Waals surface area contributed by atoms with Crippen molar-refractivity contribution in [3.63, 3.8) is 0 Å². The molecule has 1 saturated carbocycles. The molecule has 3 nitrogen and oxygen atoms in total. The van der Waals surface area contributed by atoms with Crippen LogP contribution in [-0.4, -0.2) is 10.1 Å². The lowest BCUT2D eigenvalue weighted by Gasteiger charge is -2.05. The molecule has 15 heavy (non-hydrogen) atoms. The van der Waals surface area contributed by atoms with E-state index in [4.69, 9.17) is 5.73 Å². The molecule has 3 heteroatoms. The summed E-state index contributed by atoms with van der Waals surface area (Å²) in [5.74, 6) is 0.766. The number of fused-ring (bicyclic) bond motifs is 1. The average molecular weight is 200 g/mol. The highest BCUT2D eigenvalue weighted by Crippen LogP contribution is 2.43. The van der Waals surface area contributed by atoms with Gasteiger partial charge in [0.2, 0.25) is 0 Å². The molecular formula is C12H12N2O. The standard InChI is InChI=1S/C12H12N2O/c13-9-3-4-10-8(5-9)6-11(15)12(14-10)7-1-2-7/h3-7,15H,1-2,13H2. The summed E-state index contributed by atoms with van der Waals surface area (Å²) in [6, 6.07) is 7.32. The molecule has 0 atom stereocenters. The number of benzene rings is 1. The third-order valence-corrected chi connectivity index (χ3v) is 2.81. The Morgan fingerprint density at radius 2 is 2.07 bits per heavy atom. The van der Waals surface area contributed by atoms with E-state index in [1.165, 1.54) is 0 Å². The van der Waals surface area contributed by atoms with Crippen LogP contribution in [0.25, 0.3) is 10.9 Å². The highest BCUT2D eigenvalue weighted by atomic mass is 16.3. The number of anilines is 1. The van der Waals surface area contributed by atoms with Crippen molar-refractivity contribution in [2.75, 3.05) is 5.73 Å². The van der Waals surface area contributed by atoms with Gasteiger partial charge in [-0.2, -0.15) is 0 Å². The Labute approximate surface area is 87.6 Å². The fourth-order valence-electron chi connectivity index (χ4n) is 1.86. The van der Waals surface area contributed by atoms with Crippen molar-refractivity contribution in [3.05, 3.63) is 30.0 Å². The molecule has 0 bridgehead atoms. The highest BCUT2D eigenvalue weighted by molar-refractivity contribution is 5.83. The minimum Gasteiger partial charge on any atom is -0.506 e. The molecule has 1 aromatic carbocycles. The van der Waals surface area contributed by atoms with Gasteiger partial charge in [-0.3, -0.25) is 0 Å². The van der Waals surface area contributed by atoms with E-state index >= 15 is 0 Å². The zero-order valence-electron chi connectivity index (χ0n) is 8.27. The van der Waals surface area contributed by atoms with Crippen LogP contribution >= 0.6 is 0 Å². The third kappa shape index (κ3) is 1.40. The van der Waals surface area contributed by atoms with Crippen molar-refractivity contribution in [2.45, 2.75) is 18.8 Å². The summed E-state index contributed by atoms with van der Waals surface area (Å²) in [4.78, 5) is 4.47. The van der Waals surface area contributed by atoms with Gasteiger partial charge in [-0.1, -0.05) is 0 Å². The van der Waals surface area contributed by atoms with Crippen molar-refractivity contribution in [1.82, 2.24) is 4.98 Å². The summed E-state index contributed by atoms with van der Waals surface area (Å²) in [5, 5.41) is 10.7. The molecule has 3 rings (SSSR count). The van der Waals surface area contributed by atoms with Crippen molar-refractivity contribution in [2.24, 2.45) is 0 Å². The van der Waals surface area contributed by atoms with Crippen LogP contribution in [0.15, 0.2) is 24.3 Å². The van der Waals surface area contributed by atoms with Gasteiger partial charge in [0.15, 0.2) is 0 Å². The monoisotopic (exact) mass is 200 g/mol. The summed E-state index contributed by atoms with van der Waals surface area (Å²) in [6.07, 6.45) is 2.28. The first kappa shape index (κ1) is 8.53. The number of nitrogens with two attached hydrogens (primary N) is 1. The van der Waals surface area contributed by atoms with Gasteiger partial charge < -0.3 is 10.8 Å². The molecule has 1 fully saturated rings. The Balaban J connectivity index is 2.25. The maximum Gasteiger partial charge on any atom is 0.138 e. The zero-order valence-corrected chi connectivity index (χ0v) is 8.27. The van der Waals surface area contributed by atoms with Crippen LogP contribution in [0.2, 0.25) is 0 Å². The quantitative estimate of drug-likeness (QED) is 0.695. The SMILES string of the molecule is Nc1ccc2nc(C3CC3)c(O)cc2c1. The second kappa shape index (κ2) is 2.86. The topological polar surface area (TPSA) is 59.1 Å². The molecule has 0 spiro atoms. The molecule has 0 aliphatic heterocycles. The van der Waals surface area contributed by atoms with Gasteiger partial charge in [0.1, 0.15) is 5.75 Å². The molecule has 1 aliphatic carbocycles. The van der Waals surface area contributed by atoms with Gasteiger partial charge in [-0.15, -0.1) is 0 Å². The lowest BCUT2D eigenvalue weighted by Crippen LogP contribution is -1.90. The molecular weight excluding hydrogens is 188 g/mol. The summed E-state index contributed by atoms with van der Waals surface area (Å²) in [6.45, 7) is 0. The summed E-state index contributed by atoms with van der Waals surface area (Å²) in [5.41, 5.74) is 8.12. The average Bonchev–Trinajstić information content (AvgIpc) is 3.00. The van der Waals surface area contributed by atoms with Crippen molar-refractivity contribution in [3.8, 4) is 5.75 Å². The number of aromatic hydroxyl groups is 1. The van der Waals surface area contributed by atoms with E-state index in [0.717, 1.165) is 29.4 Å². The number of hydrogen-bond acceptors (Lipinski definition) is 3. The maximum atomic E-state index is 9.81. The number of nitrogen functional groups attached to an aromatic ring is 1. The first-order chi connectivity index (χ1) is 7.24. The normalized spacial score (nSPS) is 15.7. The molecule has 0 saturated heterocycles. The van der Waals surface area contributed by atoms with E-state index in [-0.39, 0.29) is 0 Å². The molecule has 76 valence electrons. The van der Waals surface area contributed by atoms with Crippen LogP contribution < -0.4 is 5.73 Å². The second-order valence-electron chi connectivity index (χ2n) is 4.12. The van der Waals surface area contributed by atoms with Crippen LogP contribution in [0, 0.1) is 0 Å². The van der Waals surface area contributed by atoms with Crippen LogP contribution in [0.4, 0.5) is 5.69 Å². The minimum atomic E-state index is 0.301. The Morgan fingerprint density at radius 1 is 1.27 bits per heavy atom. The molecule has 2 aromatic rings. The summed E-state index contributed by atoms with van der Waals surface area (Å²) < 4.78 is 0. The zero-order chi connectivity index (χ0) is 10.4. The predicted octanol–water partition coefficient (Wildman–Crippen LogP) is 2.40. The molecule has 0 unspecified atom stereocenters. The van der Waals surface area contributed by atoms with Crippen LogP contribution in [0.1, 0.15) is 24.5 Å². The number of nitrogens with zero attached hydrogens (tertiary/aromatic N) is 1. The van der Waals surface area contributed by atoms with Gasteiger partial charge >= 0.3 is 0 Å². The first-order valence-electron chi connectivity index (χ1n) is 5.13. The van der Waals surface area contributed by atoms with E-state index in [9.17, 15) is 5.11 Å². The molecule has 0 amide bonds. The lowest BCUT2D eigenvalue weighted by molar-refractivity contribution is 0.465. The number of aromatic nitrogens is 1. The second-order valence-corrected chi connectivity index (χ2v) is 4.12. The molecule has 1 aromatic heterocycles. The third-order valence-electron chi connectivity index (χ3n) is 2.81. The van der Waals surface area contributed by atoms with Crippen molar-refractivity contribution < 1.29 is 5.11 Å². The number of pyridine rings is 1. The van der Waals surface area contributed by atoms with Crippen LogP contribution in [0.5, 0.6) is 5.75 Å². The van der Waals surface area contributed by atoms with Gasteiger partial charge in [0.05, 0.1) is 11.2 Å².